The first-order valence-corrected chi connectivity index (χ1v) is 9.31. The maximum atomic E-state index is 13.7. The number of hydrogen-bond acceptors (Lipinski definition) is 4. The number of halogens is 1. The highest BCUT2D eigenvalue weighted by atomic mass is 32.2. The molecule has 7 heteroatoms. The molecule has 118 valence electrons. The van der Waals surface area contributed by atoms with E-state index in [2.05, 4.69) is 5.32 Å². The average molecular weight is 332 g/mol. The molecule has 1 saturated heterocycles. The minimum Gasteiger partial charge on any atom is -0.316 e. The van der Waals surface area contributed by atoms with Gasteiger partial charge in [0.15, 0.2) is 0 Å². The van der Waals surface area contributed by atoms with E-state index in [0.29, 0.717) is 25.2 Å². The molecule has 1 aromatic carbocycles. The van der Waals surface area contributed by atoms with Crippen molar-refractivity contribution in [1.82, 2.24) is 9.62 Å². The number of hydrogen-bond donors (Lipinski definition) is 1. The van der Waals surface area contributed by atoms with Gasteiger partial charge >= 0.3 is 0 Å². The molecule has 1 aliphatic rings. The first kappa shape index (κ1) is 16.7. The van der Waals surface area contributed by atoms with Crippen molar-refractivity contribution in [3.63, 3.8) is 0 Å². The maximum absolute atomic E-state index is 13.7. The molecule has 2 atom stereocenters. The molecule has 0 aliphatic carbocycles. The largest absolute Gasteiger partial charge is 0.316 e. The second-order valence-electron chi connectivity index (χ2n) is 5.36. The molecule has 1 aliphatic heterocycles. The van der Waals surface area contributed by atoms with Crippen molar-refractivity contribution >= 4 is 21.8 Å². The molecule has 21 heavy (non-hydrogen) atoms. The number of nitrogens with zero attached hydrogens (tertiary/aromatic N) is 1. The van der Waals surface area contributed by atoms with Crippen LogP contribution < -0.4 is 5.32 Å². The molecule has 1 N–H and O–H groups in total. The lowest BCUT2D eigenvalue weighted by Gasteiger charge is -2.33. The summed E-state index contributed by atoms with van der Waals surface area (Å²) in [6, 6.07) is 4.00. The highest BCUT2D eigenvalue weighted by Crippen LogP contribution is 2.29. The van der Waals surface area contributed by atoms with Crippen molar-refractivity contribution in [3.8, 4) is 0 Å². The number of thioether (sulfide) groups is 1. The van der Waals surface area contributed by atoms with Gasteiger partial charge in [-0.1, -0.05) is 13.8 Å². The Kier molecular flexibility index (Phi) is 5.29. The highest BCUT2D eigenvalue weighted by Gasteiger charge is 2.32. The maximum Gasteiger partial charge on any atom is 0.243 e. The number of sulfonamides is 1. The van der Waals surface area contributed by atoms with Crippen LogP contribution in [0.3, 0.4) is 0 Å². The fourth-order valence-electron chi connectivity index (χ4n) is 2.51. The molecule has 0 spiro atoms. The summed E-state index contributed by atoms with van der Waals surface area (Å²) in [4.78, 5) is 0.167. The fraction of sp³-hybridized carbons (Fsp3) is 0.571. The lowest BCUT2D eigenvalue weighted by molar-refractivity contribution is 0.404. The number of nitrogens with one attached hydrogen (secondary N) is 1. The quantitative estimate of drug-likeness (QED) is 0.917. The third-order valence-corrected chi connectivity index (χ3v) is 6.46. The summed E-state index contributed by atoms with van der Waals surface area (Å²) < 4.78 is 40.6. The Hall–Kier alpha value is -0.630. The standard InChI is InChI=1S/C14H21FN2O2S2/c1-10-8-17(9-11(2)20-10)21(18,19)13-4-5-14(15)12(6-13)7-16-3/h4-6,10-11,16H,7-9H2,1-3H3. The molecule has 1 fully saturated rings. The van der Waals surface area contributed by atoms with Crippen molar-refractivity contribution in [3.05, 3.63) is 29.6 Å². The Morgan fingerprint density at radius 3 is 2.52 bits per heavy atom. The van der Waals surface area contributed by atoms with E-state index in [9.17, 15) is 12.8 Å². The molecule has 0 radical (unpaired) electrons. The molecule has 4 nitrogen and oxygen atoms in total. The SMILES string of the molecule is CNCc1cc(S(=O)(=O)N2CC(C)SC(C)C2)ccc1F. The van der Waals surface area contributed by atoms with E-state index in [0.717, 1.165) is 0 Å². The van der Waals surface area contributed by atoms with E-state index in [4.69, 9.17) is 0 Å². The van der Waals surface area contributed by atoms with Gasteiger partial charge in [0.2, 0.25) is 10.0 Å². The predicted molar refractivity (Wildman–Crippen MR) is 84.4 cm³/mol. The van der Waals surface area contributed by atoms with Crippen LogP contribution in [-0.2, 0) is 16.6 Å². The van der Waals surface area contributed by atoms with Gasteiger partial charge in [0.25, 0.3) is 0 Å². The third kappa shape index (κ3) is 3.77. The second kappa shape index (κ2) is 6.64. The zero-order chi connectivity index (χ0) is 15.6. The summed E-state index contributed by atoms with van der Waals surface area (Å²) in [5, 5.41) is 3.37. The van der Waals surface area contributed by atoms with Crippen LogP contribution in [0.2, 0.25) is 0 Å². The minimum atomic E-state index is -3.56. The van der Waals surface area contributed by atoms with E-state index >= 15 is 0 Å². The van der Waals surface area contributed by atoms with Gasteiger partial charge in [-0.3, -0.25) is 0 Å². The van der Waals surface area contributed by atoms with Crippen molar-refractivity contribution in [2.75, 3.05) is 20.1 Å². The molecule has 2 rings (SSSR count). The van der Waals surface area contributed by atoms with Crippen molar-refractivity contribution in [2.45, 2.75) is 35.8 Å². The Bertz CT molecular complexity index is 597. The minimum absolute atomic E-state index is 0.167. The Labute approximate surface area is 130 Å². The summed E-state index contributed by atoms with van der Waals surface area (Å²) in [6.45, 7) is 5.35. The molecule has 0 bridgehead atoms. The molecular formula is C14H21FN2O2S2. The summed E-state index contributed by atoms with van der Waals surface area (Å²) in [7, 11) is -1.86. The Morgan fingerprint density at radius 1 is 1.33 bits per heavy atom. The molecule has 1 aromatic rings. The Morgan fingerprint density at radius 2 is 1.95 bits per heavy atom. The van der Waals surface area contributed by atoms with Crippen molar-refractivity contribution in [2.24, 2.45) is 0 Å². The smallest absolute Gasteiger partial charge is 0.243 e. The number of benzene rings is 1. The molecule has 0 amide bonds. The van der Waals surface area contributed by atoms with E-state index in [-0.39, 0.29) is 21.2 Å². The predicted octanol–water partition coefficient (Wildman–Crippen LogP) is 2.06. The van der Waals surface area contributed by atoms with E-state index in [1.807, 2.05) is 13.8 Å². The molecule has 2 unspecified atom stereocenters. The van der Waals surface area contributed by atoms with E-state index < -0.39 is 10.0 Å². The molecule has 1 heterocycles. The zero-order valence-electron chi connectivity index (χ0n) is 12.5. The lowest BCUT2D eigenvalue weighted by atomic mass is 10.2. The van der Waals surface area contributed by atoms with Gasteiger partial charge < -0.3 is 5.32 Å². The summed E-state index contributed by atoms with van der Waals surface area (Å²) in [5.41, 5.74) is 0.367. The van der Waals surface area contributed by atoms with Crippen LogP contribution in [0.1, 0.15) is 19.4 Å². The van der Waals surface area contributed by atoms with E-state index in [1.165, 1.54) is 22.5 Å². The van der Waals surface area contributed by atoms with Gasteiger partial charge in [-0.2, -0.15) is 16.1 Å². The summed E-state index contributed by atoms with van der Waals surface area (Å²) in [6.07, 6.45) is 0. The average Bonchev–Trinajstić information content (AvgIpc) is 2.40. The first-order chi connectivity index (χ1) is 9.84. The third-order valence-electron chi connectivity index (χ3n) is 3.41. The molecule has 0 saturated carbocycles. The normalized spacial score (nSPS) is 24.2. The molecule has 0 aromatic heterocycles. The fourth-order valence-corrected chi connectivity index (χ4v) is 5.70. The lowest BCUT2D eigenvalue weighted by Crippen LogP contribution is -2.43. The summed E-state index contributed by atoms with van der Waals surface area (Å²) in [5.74, 6) is -0.390. The summed E-state index contributed by atoms with van der Waals surface area (Å²) >= 11 is 1.79. The van der Waals surface area contributed by atoms with Crippen LogP contribution in [0.4, 0.5) is 4.39 Å². The van der Waals surface area contributed by atoms with Crippen LogP contribution >= 0.6 is 11.8 Å². The topological polar surface area (TPSA) is 49.4 Å². The van der Waals surface area contributed by atoms with Gasteiger partial charge in [0, 0.05) is 35.7 Å². The van der Waals surface area contributed by atoms with Crippen LogP contribution in [0.5, 0.6) is 0 Å². The monoisotopic (exact) mass is 332 g/mol. The van der Waals surface area contributed by atoms with Crippen LogP contribution in [0.15, 0.2) is 23.1 Å². The zero-order valence-corrected chi connectivity index (χ0v) is 14.1. The highest BCUT2D eigenvalue weighted by molar-refractivity contribution is 8.00. The second-order valence-corrected chi connectivity index (χ2v) is 9.18. The van der Waals surface area contributed by atoms with Crippen molar-refractivity contribution < 1.29 is 12.8 Å². The number of rotatable bonds is 4. The van der Waals surface area contributed by atoms with Gasteiger partial charge in [-0.05, 0) is 25.2 Å². The van der Waals surface area contributed by atoms with Gasteiger partial charge in [0.1, 0.15) is 5.82 Å². The van der Waals surface area contributed by atoms with Gasteiger partial charge in [-0.15, -0.1) is 0 Å². The van der Waals surface area contributed by atoms with Crippen molar-refractivity contribution in [1.29, 1.82) is 0 Å². The van der Waals surface area contributed by atoms with Gasteiger partial charge in [-0.25, -0.2) is 12.8 Å². The van der Waals surface area contributed by atoms with Crippen LogP contribution in [-0.4, -0.2) is 43.4 Å². The van der Waals surface area contributed by atoms with Gasteiger partial charge in [0.05, 0.1) is 4.90 Å². The van der Waals surface area contributed by atoms with E-state index in [1.54, 1.807) is 18.8 Å². The first-order valence-electron chi connectivity index (χ1n) is 6.93. The van der Waals surface area contributed by atoms with Crippen LogP contribution in [0, 0.1) is 5.82 Å². The Balaban J connectivity index is 2.33. The van der Waals surface area contributed by atoms with Crippen LogP contribution in [0.25, 0.3) is 0 Å². The molecular weight excluding hydrogens is 311 g/mol.